The van der Waals surface area contributed by atoms with Crippen LogP contribution in [0, 0.1) is 5.92 Å². The number of fused-ring (bicyclic) bond motifs is 1. The third-order valence-electron chi connectivity index (χ3n) is 4.37. The Balaban J connectivity index is 1.89. The fourth-order valence-electron chi connectivity index (χ4n) is 3.27. The van der Waals surface area contributed by atoms with Gasteiger partial charge in [-0.1, -0.05) is 37.8 Å². The molecule has 1 aromatic carbocycles. The number of aliphatic carboxylic acids is 1. The summed E-state index contributed by atoms with van der Waals surface area (Å²) in [7, 11) is 0. The number of carbonyl (C=O) groups is 1. The summed E-state index contributed by atoms with van der Waals surface area (Å²) in [6.45, 7) is 0. The van der Waals surface area contributed by atoms with Crippen molar-refractivity contribution < 1.29 is 9.90 Å². The van der Waals surface area contributed by atoms with Crippen LogP contribution in [-0.4, -0.2) is 16.1 Å². The molecule has 0 bridgehead atoms. The summed E-state index contributed by atoms with van der Waals surface area (Å²) in [4.78, 5) is 15.9. The van der Waals surface area contributed by atoms with Crippen LogP contribution in [0.15, 0.2) is 36.5 Å². The van der Waals surface area contributed by atoms with Gasteiger partial charge in [-0.05, 0) is 36.1 Å². The highest BCUT2D eigenvalue weighted by Crippen LogP contribution is 2.34. The number of pyridine rings is 1. The number of carboxylic acids is 1. The van der Waals surface area contributed by atoms with Crippen LogP contribution in [0.4, 0.5) is 0 Å². The maximum absolute atomic E-state index is 11.6. The molecule has 3 rings (SSSR count). The molecule has 1 fully saturated rings. The summed E-state index contributed by atoms with van der Waals surface area (Å²) in [6.07, 6.45) is 7.38. The molecule has 1 aliphatic rings. The number of benzene rings is 1. The Kier molecular flexibility index (Phi) is 3.68. The molecule has 0 amide bonds. The zero-order valence-corrected chi connectivity index (χ0v) is 11.5. The van der Waals surface area contributed by atoms with Crippen LogP contribution in [-0.2, 0) is 4.79 Å². The second-order valence-electron chi connectivity index (χ2n) is 5.73. The first-order valence-electron chi connectivity index (χ1n) is 7.31. The number of aromatic nitrogens is 1. The van der Waals surface area contributed by atoms with Crippen molar-refractivity contribution in [3.8, 4) is 0 Å². The molecular weight excluding hydrogens is 250 g/mol. The monoisotopic (exact) mass is 269 g/mol. The molecule has 0 spiro atoms. The molecule has 1 aromatic heterocycles. The van der Waals surface area contributed by atoms with E-state index >= 15 is 0 Å². The molecule has 20 heavy (non-hydrogen) atoms. The van der Waals surface area contributed by atoms with E-state index in [2.05, 4.69) is 4.98 Å². The fourth-order valence-corrected chi connectivity index (χ4v) is 3.27. The van der Waals surface area contributed by atoms with Gasteiger partial charge in [0.05, 0.1) is 11.4 Å². The van der Waals surface area contributed by atoms with Gasteiger partial charge in [0, 0.05) is 11.6 Å². The normalized spacial score (nSPS) is 17.4. The third kappa shape index (κ3) is 2.67. The van der Waals surface area contributed by atoms with E-state index in [1.54, 1.807) is 6.20 Å². The van der Waals surface area contributed by atoms with Crippen molar-refractivity contribution in [2.45, 2.75) is 38.0 Å². The Bertz CT molecular complexity index is 617. The van der Waals surface area contributed by atoms with E-state index in [9.17, 15) is 9.90 Å². The second kappa shape index (κ2) is 5.61. The lowest BCUT2D eigenvalue weighted by molar-refractivity contribution is -0.139. The molecule has 0 saturated heterocycles. The molecule has 1 atom stereocenters. The van der Waals surface area contributed by atoms with E-state index in [4.69, 9.17) is 0 Å². The predicted octanol–water partition coefficient (Wildman–Crippen LogP) is 3.98. The maximum atomic E-state index is 11.6. The predicted molar refractivity (Wildman–Crippen MR) is 78.7 cm³/mol. The number of rotatable bonds is 4. The smallest absolute Gasteiger partial charge is 0.310 e. The average Bonchev–Trinajstić information content (AvgIpc) is 2.97. The molecule has 1 heterocycles. The van der Waals surface area contributed by atoms with Crippen molar-refractivity contribution in [3.63, 3.8) is 0 Å². The van der Waals surface area contributed by atoms with E-state index < -0.39 is 5.97 Å². The van der Waals surface area contributed by atoms with Gasteiger partial charge in [0.15, 0.2) is 0 Å². The van der Waals surface area contributed by atoms with E-state index in [1.807, 2.05) is 30.3 Å². The molecule has 0 radical (unpaired) electrons. The van der Waals surface area contributed by atoms with Crippen LogP contribution >= 0.6 is 0 Å². The van der Waals surface area contributed by atoms with Crippen molar-refractivity contribution in [2.24, 2.45) is 5.92 Å². The highest BCUT2D eigenvalue weighted by molar-refractivity contribution is 5.82. The van der Waals surface area contributed by atoms with Gasteiger partial charge in [0.25, 0.3) is 0 Å². The van der Waals surface area contributed by atoms with Gasteiger partial charge in [-0.3, -0.25) is 9.78 Å². The molecule has 1 unspecified atom stereocenters. The molecule has 3 nitrogen and oxygen atoms in total. The summed E-state index contributed by atoms with van der Waals surface area (Å²) in [6, 6.07) is 9.70. The van der Waals surface area contributed by atoms with Crippen molar-refractivity contribution in [3.05, 3.63) is 42.1 Å². The minimum Gasteiger partial charge on any atom is -0.481 e. The lowest BCUT2D eigenvalue weighted by Crippen LogP contribution is -2.15. The highest BCUT2D eigenvalue weighted by Gasteiger charge is 2.26. The van der Waals surface area contributed by atoms with Gasteiger partial charge in [-0.2, -0.15) is 0 Å². The Morgan fingerprint density at radius 3 is 2.85 bits per heavy atom. The Hall–Kier alpha value is -1.90. The summed E-state index contributed by atoms with van der Waals surface area (Å²) >= 11 is 0. The van der Waals surface area contributed by atoms with E-state index in [0.29, 0.717) is 5.92 Å². The van der Waals surface area contributed by atoms with E-state index in [0.717, 1.165) is 22.9 Å². The van der Waals surface area contributed by atoms with Crippen LogP contribution in [0.5, 0.6) is 0 Å². The van der Waals surface area contributed by atoms with Crippen LogP contribution < -0.4 is 0 Å². The average molecular weight is 269 g/mol. The van der Waals surface area contributed by atoms with Gasteiger partial charge >= 0.3 is 5.97 Å². The third-order valence-corrected chi connectivity index (χ3v) is 4.37. The van der Waals surface area contributed by atoms with E-state index in [1.165, 1.54) is 25.7 Å². The molecule has 0 aliphatic heterocycles. The molecule has 1 aliphatic carbocycles. The first kappa shape index (κ1) is 13.1. The van der Waals surface area contributed by atoms with Gasteiger partial charge in [-0.15, -0.1) is 0 Å². The summed E-state index contributed by atoms with van der Waals surface area (Å²) < 4.78 is 0. The molecule has 104 valence electrons. The Morgan fingerprint density at radius 2 is 2.10 bits per heavy atom. The Morgan fingerprint density at radius 1 is 1.30 bits per heavy atom. The molecular formula is C17H19NO2. The molecule has 1 N–H and O–H groups in total. The zero-order valence-electron chi connectivity index (χ0n) is 11.5. The molecule has 2 aromatic rings. The minimum absolute atomic E-state index is 0.386. The van der Waals surface area contributed by atoms with Gasteiger partial charge < -0.3 is 5.11 Å². The van der Waals surface area contributed by atoms with Crippen LogP contribution in [0.1, 0.15) is 43.6 Å². The van der Waals surface area contributed by atoms with Gasteiger partial charge in [0.1, 0.15) is 0 Å². The SMILES string of the molecule is O=C(O)C(CC1CCCC1)c1ccc2ncccc2c1. The minimum atomic E-state index is -0.708. The summed E-state index contributed by atoms with van der Waals surface area (Å²) in [5.41, 5.74) is 1.83. The first-order valence-corrected chi connectivity index (χ1v) is 7.31. The van der Waals surface area contributed by atoms with Gasteiger partial charge in [-0.25, -0.2) is 0 Å². The largest absolute Gasteiger partial charge is 0.481 e. The van der Waals surface area contributed by atoms with Crippen molar-refractivity contribution in [2.75, 3.05) is 0 Å². The van der Waals surface area contributed by atoms with E-state index in [-0.39, 0.29) is 5.92 Å². The number of carboxylic acid groups (broad SMARTS) is 1. The quantitative estimate of drug-likeness (QED) is 0.913. The van der Waals surface area contributed by atoms with Crippen LogP contribution in [0.25, 0.3) is 10.9 Å². The number of nitrogens with zero attached hydrogens (tertiary/aromatic N) is 1. The number of hydrogen-bond donors (Lipinski definition) is 1. The highest BCUT2D eigenvalue weighted by atomic mass is 16.4. The maximum Gasteiger partial charge on any atom is 0.310 e. The fraction of sp³-hybridized carbons (Fsp3) is 0.412. The van der Waals surface area contributed by atoms with Crippen molar-refractivity contribution in [1.82, 2.24) is 4.98 Å². The van der Waals surface area contributed by atoms with Crippen molar-refractivity contribution in [1.29, 1.82) is 0 Å². The standard InChI is InChI=1S/C17H19NO2/c19-17(20)15(10-12-4-1-2-5-12)13-7-8-16-14(11-13)6-3-9-18-16/h3,6-9,11-12,15H,1-2,4-5,10H2,(H,19,20). The first-order chi connectivity index (χ1) is 9.74. The molecule has 3 heteroatoms. The van der Waals surface area contributed by atoms with Gasteiger partial charge in [0.2, 0.25) is 0 Å². The topological polar surface area (TPSA) is 50.2 Å². The lowest BCUT2D eigenvalue weighted by Gasteiger charge is -2.17. The number of hydrogen-bond acceptors (Lipinski definition) is 2. The van der Waals surface area contributed by atoms with Crippen LogP contribution in [0.3, 0.4) is 0 Å². The summed E-state index contributed by atoms with van der Waals surface area (Å²) in [5, 5.41) is 10.6. The lowest BCUT2D eigenvalue weighted by atomic mass is 9.87. The van der Waals surface area contributed by atoms with Crippen molar-refractivity contribution >= 4 is 16.9 Å². The Labute approximate surface area is 118 Å². The second-order valence-corrected chi connectivity index (χ2v) is 5.73. The summed E-state index contributed by atoms with van der Waals surface area (Å²) in [5.74, 6) is -0.524. The zero-order chi connectivity index (χ0) is 13.9. The van der Waals surface area contributed by atoms with Crippen LogP contribution in [0.2, 0.25) is 0 Å². The molecule has 1 saturated carbocycles.